The molecule has 0 saturated carbocycles. The Bertz CT molecular complexity index is 476. The summed E-state index contributed by atoms with van der Waals surface area (Å²) >= 11 is 0. The number of carbonyl (C=O) groups is 2. The number of hydrogen-bond acceptors (Lipinski definition) is 4. The molecular weight excluding hydrogens is 220 g/mol. The number of piperidine rings is 1. The maximum Gasteiger partial charge on any atom is 0.242 e. The van der Waals surface area contributed by atoms with E-state index in [1.54, 1.807) is 11.1 Å². The van der Waals surface area contributed by atoms with Gasteiger partial charge in [-0.3, -0.25) is 9.59 Å². The van der Waals surface area contributed by atoms with Gasteiger partial charge in [-0.2, -0.15) is 5.26 Å². The van der Waals surface area contributed by atoms with Crippen molar-refractivity contribution >= 4 is 11.7 Å². The normalized spacial score (nSPS) is 15.7. The number of aromatic nitrogens is 2. The Kier molecular flexibility index (Phi) is 3.19. The molecule has 2 rings (SSSR count). The Labute approximate surface area is 98.5 Å². The van der Waals surface area contributed by atoms with Gasteiger partial charge >= 0.3 is 0 Å². The predicted molar refractivity (Wildman–Crippen MR) is 57.8 cm³/mol. The number of nitrogens with zero attached hydrogens (tertiary/aromatic N) is 4. The van der Waals surface area contributed by atoms with Crippen LogP contribution in [-0.2, 0) is 16.1 Å². The van der Waals surface area contributed by atoms with E-state index in [1.165, 1.54) is 10.8 Å². The van der Waals surface area contributed by atoms with Gasteiger partial charge in [0.05, 0.1) is 0 Å². The van der Waals surface area contributed by atoms with Crippen LogP contribution in [0.5, 0.6) is 0 Å². The Morgan fingerprint density at radius 2 is 2.18 bits per heavy atom. The summed E-state index contributed by atoms with van der Waals surface area (Å²) in [4.78, 5) is 28.4. The van der Waals surface area contributed by atoms with E-state index in [0.29, 0.717) is 25.9 Å². The molecule has 2 heterocycles. The second-order valence-electron chi connectivity index (χ2n) is 3.91. The van der Waals surface area contributed by atoms with Crippen molar-refractivity contribution in [1.29, 1.82) is 5.26 Å². The summed E-state index contributed by atoms with van der Waals surface area (Å²) in [5, 5.41) is 8.76. The van der Waals surface area contributed by atoms with Gasteiger partial charge in [-0.1, -0.05) is 0 Å². The van der Waals surface area contributed by atoms with Crippen LogP contribution in [0.3, 0.4) is 0 Å². The summed E-state index contributed by atoms with van der Waals surface area (Å²) in [6.45, 7) is 1.07. The van der Waals surface area contributed by atoms with Crippen LogP contribution in [0.25, 0.3) is 0 Å². The maximum atomic E-state index is 11.9. The Balaban J connectivity index is 1.98. The standard InChI is InChI=1S/C11H12N4O2/c12-7-10-13-3-6-15(10)8-11(17)14-4-1-9(16)2-5-14/h3,6H,1-2,4-5,8H2. The van der Waals surface area contributed by atoms with Crippen molar-refractivity contribution in [2.24, 2.45) is 0 Å². The van der Waals surface area contributed by atoms with Crippen LogP contribution >= 0.6 is 0 Å². The molecule has 1 aromatic heterocycles. The fraction of sp³-hybridized carbons (Fsp3) is 0.455. The van der Waals surface area contributed by atoms with Crippen molar-refractivity contribution in [2.75, 3.05) is 13.1 Å². The van der Waals surface area contributed by atoms with Crippen LogP contribution in [-0.4, -0.2) is 39.2 Å². The minimum Gasteiger partial charge on any atom is -0.340 e. The molecule has 1 amide bonds. The lowest BCUT2D eigenvalue weighted by Crippen LogP contribution is -2.40. The van der Waals surface area contributed by atoms with E-state index >= 15 is 0 Å². The van der Waals surface area contributed by atoms with Crippen molar-refractivity contribution in [3.05, 3.63) is 18.2 Å². The van der Waals surface area contributed by atoms with E-state index < -0.39 is 0 Å². The summed E-state index contributed by atoms with van der Waals surface area (Å²) in [5.41, 5.74) is 0. The van der Waals surface area contributed by atoms with Crippen molar-refractivity contribution in [3.8, 4) is 6.07 Å². The van der Waals surface area contributed by atoms with Crippen molar-refractivity contribution < 1.29 is 9.59 Å². The number of amides is 1. The summed E-state index contributed by atoms with van der Waals surface area (Å²) < 4.78 is 1.51. The van der Waals surface area contributed by atoms with Crippen LogP contribution in [0.2, 0.25) is 0 Å². The SMILES string of the molecule is N#Cc1nccn1CC(=O)N1CCC(=O)CC1. The van der Waals surface area contributed by atoms with E-state index in [1.807, 2.05) is 6.07 Å². The summed E-state index contributed by atoms with van der Waals surface area (Å²) in [5.74, 6) is 0.354. The number of hydrogen-bond donors (Lipinski definition) is 0. The first-order valence-electron chi connectivity index (χ1n) is 5.41. The molecule has 1 aromatic rings. The molecule has 0 bridgehead atoms. The largest absolute Gasteiger partial charge is 0.340 e. The minimum atomic E-state index is -0.0769. The Morgan fingerprint density at radius 3 is 2.82 bits per heavy atom. The molecular formula is C11H12N4O2. The fourth-order valence-electron chi connectivity index (χ4n) is 1.80. The van der Waals surface area contributed by atoms with Crippen LogP contribution in [0.1, 0.15) is 18.7 Å². The number of imidazole rings is 1. The van der Waals surface area contributed by atoms with Gasteiger partial charge in [0.1, 0.15) is 18.4 Å². The molecule has 0 radical (unpaired) electrons. The number of rotatable bonds is 2. The number of ketones is 1. The molecule has 6 nitrogen and oxygen atoms in total. The van der Waals surface area contributed by atoms with Crippen LogP contribution in [0.15, 0.2) is 12.4 Å². The quantitative estimate of drug-likeness (QED) is 0.716. The third kappa shape index (κ3) is 2.50. The van der Waals surface area contributed by atoms with Crippen molar-refractivity contribution in [1.82, 2.24) is 14.5 Å². The predicted octanol–water partition coefficient (Wildman–Crippen LogP) is -0.0537. The molecule has 6 heteroatoms. The highest BCUT2D eigenvalue weighted by molar-refractivity contribution is 5.83. The maximum absolute atomic E-state index is 11.9. The van der Waals surface area contributed by atoms with Gasteiger partial charge in [0.2, 0.25) is 11.7 Å². The molecule has 1 fully saturated rings. The van der Waals surface area contributed by atoms with E-state index in [2.05, 4.69) is 4.98 Å². The average molecular weight is 232 g/mol. The molecule has 1 aliphatic rings. The highest BCUT2D eigenvalue weighted by Gasteiger charge is 2.21. The van der Waals surface area contributed by atoms with Crippen LogP contribution in [0.4, 0.5) is 0 Å². The van der Waals surface area contributed by atoms with Gasteiger partial charge < -0.3 is 9.47 Å². The van der Waals surface area contributed by atoms with Gasteiger partial charge in [0.15, 0.2) is 0 Å². The average Bonchev–Trinajstić information content (AvgIpc) is 2.77. The summed E-state index contributed by atoms with van der Waals surface area (Å²) in [6, 6.07) is 1.92. The van der Waals surface area contributed by atoms with E-state index in [9.17, 15) is 9.59 Å². The number of nitriles is 1. The third-order valence-electron chi connectivity index (χ3n) is 2.79. The van der Waals surface area contributed by atoms with E-state index in [0.717, 1.165) is 0 Å². The monoisotopic (exact) mass is 232 g/mol. The molecule has 0 atom stereocenters. The first-order valence-corrected chi connectivity index (χ1v) is 5.41. The van der Waals surface area contributed by atoms with Crippen LogP contribution in [0, 0.1) is 11.3 Å². The first-order chi connectivity index (χ1) is 8.20. The smallest absolute Gasteiger partial charge is 0.242 e. The Morgan fingerprint density at radius 1 is 1.47 bits per heavy atom. The molecule has 88 valence electrons. The molecule has 0 N–H and O–H groups in total. The van der Waals surface area contributed by atoms with Gasteiger partial charge in [0.25, 0.3) is 0 Å². The number of carbonyl (C=O) groups excluding carboxylic acids is 2. The lowest BCUT2D eigenvalue weighted by Gasteiger charge is -2.26. The highest BCUT2D eigenvalue weighted by atomic mass is 16.2. The zero-order valence-corrected chi connectivity index (χ0v) is 9.30. The van der Waals surface area contributed by atoms with Crippen molar-refractivity contribution in [3.63, 3.8) is 0 Å². The highest BCUT2D eigenvalue weighted by Crippen LogP contribution is 2.07. The zero-order valence-electron chi connectivity index (χ0n) is 9.30. The first kappa shape index (κ1) is 11.3. The summed E-state index contributed by atoms with van der Waals surface area (Å²) in [7, 11) is 0. The lowest BCUT2D eigenvalue weighted by atomic mass is 10.1. The minimum absolute atomic E-state index is 0.0769. The van der Waals surface area contributed by atoms with Crippen LogP contribution < -0.4 is 0 Å². The topological polar surface area (TPSA) is 79.0 Å². The molecule has 0 unspecified atom stereocenters. The van der Waals surface area contributed by atoms with Gasteiger partial charge in [0, 0.05) is 38.3 Å². The molecule has 0 aromatic carbocycles. The lowest BCUT2D eigenvalue weighted by molar-refractivity contribution is -0.135. The van der Waals surface area contributed by atoms with E-state index in [-0.39, 0.29) is 24.1 Å². The van der Waals surface area contributed by atoms with Gasteiger partial charge in [-0.25, -0.2) is 4.98 Å². The number of Topliss-reactive ketones (excluding diaryl/α,β-unsaturated/α-hetero) is 1. The van der Waals surface area contributed by atoms with Crippen molar-refractivity contribution in [2.45, 2.75) is 19.4 Å². The van der Waals surface area contributed by atoms with Gasteiger partial charge in [-0.05, 0) is 0 Å². The summed E-state index contributed by atoms with van der Waals surface area (Å²) in [6.07, 6.45) is 3.96. The molecule has 1 aliphatic heterocycles. The second kappa shape index (κ2) is 4.78. The number of likely N-dealkylation sites (tertiary alicyclic amines) is 1. The molecule has 0 spiro atoms. The third-order valence-corrected chi connectivity index (χ3v) is 2.79. The second-order valence-corrected chi connectivity index (χ2v) is 3.91. The molecule has 17 heavy (non-hydrogen) atoms. The van der Waals surface area contributed by atoms with Gasteiger partial charge in [-0.15, -0.1) is 0 Å². The molecule has 1 saturated heterocycles. The Hall–Kier alpha value is -2.16. The van der Waals surface area contributed by atoms with E-state index in [4.69, 9.17) is 5.26 Å². The zero-order chi connectivity index (χ0) is 12.3. The fourth-order valence-corrected chi connectivity index (χ4v) is 1.80. The molecule has 0 aliphatic carbocycles.